The average Bonchev–Trinajstić information content (AvgIpc) is 2.46. The summed E-state index contributed by atoms with van der Waals surface area (Å²) in [6, 6.07) is 11.8. The van der Waals surface area contributed by atoms with Crippen LogP contribution >= 0.6 is 27.7 Å². The Kier molecular flexibility index (Phi) is 5.20. The molecule has 0 aliphatic heterocycles. The number of nitrogen functional groups attached to an aromatic ring is 1. The summed E-state index contributed by atoms with van der Waals surface area (Å²) in [5.41, 5.74) is 7.67. The fraction of sp³-hybridized carbons (Fsp3) is 0.200. The van der Waals surface area contributed by atoms with Gasteiger partial charge in [-0.15, -0.1) is 11.8 Å². The number of hydrogen-bond donors (Lipinski definition) is 1. The van der Waals surface area contributed by atoms with Gasteiger partial charge in [-0.3, -0.25) is 0 Å². The van der Waals surface area contributed by atoms with Crippen molar-refractivity contribution in [1.29, 1.82) is 0 Å². The zero-order valence-electron chi connectivity index (χ0n) is 11.4. The van der Waals surface area contributed by atoms with E-state index in [-0.39, 0.29) is 0 Å². The van der Waals surface area contributed by atoms with Crippen molar-refractivity contribution >= 4 is 33.4 Å². The molecule has 0 fully saturated rings. The second-order valence-corrected chi connectivity index (χ2v) is 6.04. The van der Waals surface area contributed by atoms with Crippen molar-refractivity contribution in [3.63, 3.8) is 0 Å². The van der Waals surface area contributed by atoms with Crippen molar-refractivity contribution in [2.45, 2.75) is 10.6 Å². The molecule has 0 aromatic heterocycles. The SMILES string of the molecule is COc1ccc(CSc2ccc(N)cc2OC)cc1Br. The maximum Gasteiger partial charge on any atom is 0.134 e. The van der Waals surface area contributed by atoms with Crippen LogP contribution in [0.25, 0.3) is 0 Å². The maximum absolute atomic E-state index is 5.75. The molecule has 3 nitrogen and oxygen atoms in total. The standard InChI is InChI=1S/C15H16BrNO2S/c1-18-13-5-3-10(7-12(13)16)9-20-15-6-4-11(17)8-14(15)19-2/h3-8H,9,17H2,1-2H3. The third-order valence-corrected chi connectivity index (χ3v) is 4.54. The maximum atomic E-state index is 5.75. The van der Waals surface area contributed by atoms with Crippen LogP contribution in [0.1, 0.15) is 5.56 Å². The number of nitrogens with two attached hydrogens (primary N) is 1. The fourth-order valence-corrected chi connectivity index (χ4v) is 3.30. The van der Waals surface area contributed by atoms with Crippen molar-refractivity contribution in [2.24, 2.45) is 0 Å². The molecule has 2 rings (SSSR count). The number of anilines is 1. The van der Waals surface area contributed by atoms with E-state index in [1.165, 1.54) is 5.56 Å². The Hall–Kier alpha value is -1.33. The molecule has 2 aromatic carbocycles. The van der Waals surface area contributed by atoms with Crippen LogP contribution in [0.15, 0.2) is 45.8 Å². The Morgan fingerprint density at radius 1 is 1.05 bits per heavy atom. The van der Waals surface area contributed by atoms with E-state index in [0.29, 0.717) is 5.69 Å². The van der Waals surface area contributed by atoms with Crippen molar-refractivity contribution in [3.05, 3.63) is 46.4 Å². The minimum Gasteiger partial charge on any atom is -0.496 e. The lowest BCUT2D eigenvalue weighted by molar-refractivity contribution is 0.405. The summed E-state index contributed by atoms with van der Waals surface area (Å²) in [7, 11) is 3.32. The third-order valence-electron chi connectivity index (χ3n) is 2.80. The lowest BCUT2D eigenvalue weighted by Gasteiger charge is -2.10. The number of ether oxygens (including phenoxy) is 2. The number of methoxy groups -OCH3 is 2. The van der Waals surface area contributed by atoms with Crippen molar-refractivity contribution in [3.8, 4) is 11.5 Å². The number of rotatable bonds is 5. The van der Waals surface area contributed by atoms with E-state index in [1.807, 2.05) is 24.3 Å². The highest BCUT2D eigenvalue weighted by molar-refractivity contribution is 9.10. The molecule has 0 saturated heterocycles. The Bertz CT molecular complexity index is 604. The number of thioether (sulfide) groups is 1. The average molecular weight is 354 g/mol. The van der Waals surface area contributed by atoms with Gasteiger partial charge in [0.05, 0.1) is 18.7 Å². The third kappa shape index (κ3) is 3.61. The van der Waals surface area contributed by atoms with Gasteiger partial charge in [0.1, 0.15) is 11.5 Å². The summed E-state index contributed by atoms with van der Waals surface area (Å²) in [6.45, 7) is 0. The predicted molar refractivity (Wildman–Crippen MR) is 87.7 cm³/mol. The Morgan fingerprint density at radius 2 is 1.80 bits per heavy atom. The quantitative estimate of drug-likeness (QED) is 0.641. The smallest absolute Gasteiger partial charge is 0.134 e. The first kappa shape index (κ1) is 15.1. The molecular formula is C15H16BrNO2S. The van der Waals surface area contributed by atoms with E-state index >= 15 is 0 Å². The highest BCUT2D eigenvalue weighted by Gasteiger charge is 2.06. The first-order valence-electron chi connectivity index (χ1n) is 6.02. The fourth-order valence-electron chi connectivity index (χ4n) is 1.76. The number of hydrogen-bond acceptors (Lipinski definition) is 4. The van der Waals surface area contributed by atoms with Gasteiger partial charge in [-0.25, -0.2) is 0 Å². The molecule has 0 saturated carbocycles. The molecule has 20 heavy (non-hydrogen) atoms. The summed E-state index contributed by atoms with van der Waals surface area (Å²) in [4.78, 5) is 1.08. The lowest BCUT2D eigenvalue weighted by Crippen LogP contribution is -1.91. The zero-order valence-corrected chi connectivity index (χ0v) is 13.8. The van der Waals surface area contributed by atoms with E-state index in [0.717, 1.165) is 26.6 Å². The van der Waals surface area contributed by atoms with E-state index in [9.17, 15) is 0 Å². The first-order chi connectivity index (χ1) is 9.63. The highest BCUT2D eigenvalue weighted by Crippen LogP contribution is 2.34. The topological polar surface area (TPSA) is 44.5 Å². The molecule has 106 valence electrons. The second kappa shape index (κ2) is 6.90. The molecular weight excluding hydrogens is 338 g/mol. The van der Waals surface area contributed by atoms with Crippen LogP contribution < -0.4 is 15.2 Å². The molecule has 0 aliphatic rings. The number of benzene rings is 2. The first-order valence-corrected chi connectivity index (χ1v) is 7.80. The van der Waals surface area contributed by atoms with Crippen LogP contribution in [0.3, 0.4) is 0 Å². The molecule has 0 unspecified atom stereocenters. The van der Waals surface area contributed by atoms with Gasteiger partial charge >= 0.3 is 0 Å². The Labute approximate surface area is 131 Å². The number of halogens is 1. The Morgan fingerprint density at radius 3 is 2.45 bits per heavy atom. The molecule has 0 amide bonds. The van der Waals surface area contributed by atoms with Crippen molar-refractivity contribution < 1.29 is 9.47 Å². The van der Waals surface area contributed by atoms with Gasteiger partial charge in [0, 0.05) is 22.4 Å². The summed E-state index contributed by atoms with van der Waals surface area (Å²) < 4.78 is 11.5. The lowest BCUT2D eigenvalue weighted by atomic mass is 10.2. The molecule has 2 aromatic rings. The van der Waals surface area contributed by atoms with E-state index in [4.69, 9.17) is 15.2 Å². The van der Waals surface area contributed by atoms with Crippen molar-refractivity contribution in [2.75, 3.05) is 20.0 Å². The minimum absolute atomic E-state index is 0.707. The van der Waals surface area contributed by atoms with Crippen LogP contribution in [0.5, 0.6) is 11.5 Å². The summed E-state index contributed by atoms with van der Waals surface area (Å²) >= 11 is 5.21. The van der Waals surface area contributed by atoms with E-state index < -0.39 is 0 Å². The van der Waals surface area contributed by atoms with Gasteiger partial charge in [-0.1, -0.05) is 6.07 Å². The highest BCUT2D eigenvalue weighted by atomic mass is 79.9. The molecule has 0 spiro atoms. The van der Waals surface area contributed by atoms with E-state index in [1.54, 1.807) is 26.0 Å². The van der Waals surface area contributed by atoms with Gasteiger partial charge in [-0.05, 0) is 45.8 Å². The van der Waals surface area contributed by atoms with Crippen LogP contribution in [0.2, 0.25) is 0 Å². The second-order valence-electron chi connectivity index (χ2n) is 4.17. The molecule has 2 N–H and O–H groups in total. The normalized spacial score (nSPS) is 10.3. The molecule has 0 atom stereocenters. The molecule has 0 bridgehead atoms. The zero-order chi connectivity index (χ0) is 14.5. The van der Waals surface area contributed by atoms with Gasteiger partial charge in [-0.2, -0.15) is 0 Å². The molecule has 5 heteroatoms. The van der Waals surface area contributed by atoms with Gasteiger partial charge in [0.25, 0.3) is 0 Å². The van der Waals surface area contributed by atoms with Gasteiger partial charge < -0.3 is 15.2 Å². The van der Waals surface area contributed by atoms with Gasteiger partial charge in [0.15, 0.2) is 0 Å². The summed E-state index contributed by atoms with van der Waals surface area (Å²) in [5, 5.41) is 0. The van der Waals surface area contributed by atoms with Crippen LogP contribution in [-0.4, -0.2) is 14.2 Å². The minimum atomic E-state index is 0.707. The van der Waals surface area contributed by atoms with Crippen molar-refractivity contribution in [1.82, 2.24) is 0 Å². The van der Waals surface area contributed by atoms with E-state index in [2.05, 4.69) is 28.1 Å². The molecule has 0 heterocycles. The van der Waals surface area contributed by atoms with Gasteiger partial charge in [0.2, 0.25) is 0 Å². The molecule has 0 radical (unpaired) electrons. The summed E-state index contributed by atoms with van der Waals surface area (Å²) in [6.07, 6.45) is 0. The Balaban J connectivity index is 2.10. The van der Waals surface area contributed by atoms with Crippen LogP contribution in [0.4, 0.5) is 5.69 Å². The van der Waals surface area contributed by atoms with Crippen LogP contribution in [0, 0.1) is 0 Å². The summed E-state index contributed by atoms with van der Waals surface area (Å²) in [5.74, 6) is 2.49. The monoisotopic (exact) mass is 353 g/mol. The predicted octanol–water partition coefficient (Wildman–Crippen LogP) is 4.34. The largest absolute Gasteiger partial charge is 0.496 e. The molecule has 0 aliphatic carbocycles. The van der Waals surface area contributed by atoms with Crippen LogP contribution in [-0.2, 0) is 5.75 Å².